The number of hydrogen-bond acceptors (Lipinski definition) is 6. The molecule has 2 rings (SSSR count). The molecule has 1 aromatic rings. The van der Waals surface area contributed by atoms with E-state index in [-0.39, 0.29) is 22.7 Å². The highest BCUT2D eigenvalue weighted by Crippen LogP contribution is 2.31. The van der Waals surface area contributed by atoms with Crippen molar-refractivity contribution in [1.29, 1.82) is 0 Å². The molecule has 0 radical (unpaired) electrons. The number of methoxy groups -OCH3 is 1. The molecule has 0 spiro atoms. The molecule has 7 heteroatoms. The quantitative estimate of drug-likeness (QED) is 0.246. The minimum absolute atomic E-state index is 0.0254. The standard InChI is InChI=1S/C29H46N2O3S2/c1-21(2)23(15-16-25-20-36-29(3,4)30-25)13-14-24(19-22-11-9-8-10-12-22)27(32)31(5)26(17-18-35-7)28(33)34-6/h8-12,15-16,21,23-26,30H,13-14,17-20H2,1-7H3/b16-15+/t23-,24?,25?,26?/m0/s1. The van der Waals surface area contributed by atoms with E-state index < -0.39 is 6.04 Å². The van der Waals surface area contributed by atoms with Crippen LogP contribution < -0.4 is 5.32 Å². The maximum absolute atomic E-state index is 13.8. The first kappa shape index (κ1) is 30.8. The van der Waals surface area contributed by atoms with E-state index in [1.54, 1.807) is 23.7 Å². The first-order valence-electron chi connectivity index (χ1n) is 13.0. The Hall–Kier alpha value is -1.44. The number of carbonyl (C=O) groups excluding carboxylic acids is 2. The smallest absolute Gasteiger partial charge is 0.328 e. The Bertz CT molecular complexity index is 844. The number of rotatable bonds is 14. The van der Waals surface area contributed by atoms with E-state index in [2.05, 4.69) is 57.3 Å². The predicted molar refractivity (Wildman–Crippen MR) is 155 cm³/mol. The first-order chi connectivity index (χ1) is 17.1. The summed E-state index contributed by atoms with van der Waals surface area (Å²) in [4.78, 5) is 28.0. The summed E-state index contributed by atoms with van der Waals surface area (Å²) in [5, 5.41) is 3.67. The van der Waals surface area contributed by atoms with Crippen molar-refractivity contribution in [2.75, 3.05) is 31.9 Å². The van der Waals surface area contributed by atoms with Gasteiger partial charge in [0.05, 0.1) is 12.0 Å². The number of nitrogens with zero attached hydrogens (tertiary/aromatic N) is 1. The topological polar surface area (TPSA) is 58.6 Å². The van der Waals surface area contributed by atoms with Gasteiger partial charge in [-0.05, 0) is 68.9 Å². The number of benzene rings is 1. The van der Waals surface area contributed by atoms with Crippen LogP contribution in [0.15, 0.2) is 42.5 Å². The zero-order valence-electron chi connectivity index (χ0n) is 23.2. The van der Waals surface area contributed by atoms with Crippen LogP contribution in [0.4, 0.5) is 0 Å². The Balaban J connectivity index is 2.17. The molecule has 0 aromatic heterocycles. The van der Waals surface area contributed by atoms with E-state index in [9.17, 15) is 9.59 Å². The molecule has 1 fully saturated rings. The molecule has 1 aliphatic heterocycles. The number of thioether (sulfide) groups is 2. The molecule has 3 unspecified atom stereocenters. The van der Waals surface area contributed by atoms with Crippen molar-refractivity contribution in [2.45, 2.75) is 70.3 Å². The van der Waals surface area contributed by atoms with Gasteiger partial charge in [-0.25, -0.2) is 4.79 Å². The van der Waals surface area contributed by atoms with E-state index in [0.29, 0.717) is 30.7 Å². The molecule has 0 aliphatic carbocycles. The number of hydrogen-bond donors (Lipinski definition) is 1. The van der Waals surface area contributed by atoms with Crippen LogP contribution in [0.25, 0.3) is 0 Å². The van der Waals surface area contributed by atoms with Crippen LogP contribution in [0.1, 0.15) is 52.5 Å². The molecule has 5 nitrogen and oxygen atoms in total. The van der Waals surface area contributed by atoms with Gasteiger partial charge in [-0.2, -0.15) is 11.8 Å². The second-order valence-electron chi connectivity index (χ2n) is 10.6. The zero-order chi connectivity index (χ0) is 26.7. The normalized spacial score (nSPS) is 19.8. The van der Waals surface area contributed by atoms with Crippen LogP contribution in [-0.4, -0.2) is 65.6 Å². The fourth-order valence-electron chi connectivity index (χ4n) is 4.74. The third-order valence-electron chi connectivity index (χ3n) is 7.01. The Morgan fingerprint density at radius 3 is 2.47 bits per heavy atom. The van der Waals surface area contributed by atoms with Gasteiger partial charge >= 0.3 is 5.97 Å². The molecule has 0 bridgehead atoms. The van der Waals surface area contributed by atoms with Gasteiger partial charge in [-0.1, -0.05) is 56.3 Å². The molecule has 1 aliphatic rings. The second-order valence-corrected chi connectivity index (χ2v) is 13.2. The summed E-state index contributed by atoms with van der Waals surface area (Å²) in [6, 6.07) is 10.0. The highest BCUT2D eigenvalue weighted by atomic mass is 32.2. The SMILES string of the molecule is COC(=O)C(CCSC)N(C)C(=O)C(CC[C@@H](/C=C/C1CSC(C)(C)N1)C(C)C)Cc1ccccc1. The molecule has 1 saturated heterocycles. The fraction of sp³-hybridized carbons (Fsp3) is 0.655. The molecule has 0 saturated carbocycles. The van der Waals surface area contributed by atoms with E-state index in [0.717, 1.165) is 29.9 Å². The number of ether oxygens (including phenoxy) is 1. The predicted octanol–water partition coefficient (Wildman–Crippen LogP) is 5.65. The molecule has 1 aromatic carbocycles. The van der Waals surface area contributed by atoms with Gasteiger partial charge in [0.25, 0.3) is 0 Å². The van der Waals surface area contributed by atoms with Crippen molar-refractivity contribution in [3.8, 4) is 0 Å². The van der Waals surface area contributed by atoms with E-state index in [1.165, 1.54) is 7.11 Å². The largest absolute Gasteiger partial charge is 0.467 e. The summed E-state index contributed by atoms with van der Waals surface area (Å²) in [6.45, 7) is 8.96. The monoisotopic (exact) mass is 534 g/mol. The van der Waals surface area contributed by atoms with Crippen LogP contribution in [0.5, 0.6) is 0 Å². The summed E-state index contributed by atoms with van der Waals surface area (Å²) in [7, 11) is 3.15. The summed E-state index contributed by atoms with van der Waals surface area (Å²) < 4.78 is 5.04. The third kappa shape index (κ3) is 9.79. The van der Waals surface area contributed by atoms with Crippen molar-refractivity contribution in [1.82, 2.24) is 10.2 Å². The lowest BCUT2D eigenvalue weighted by Crippen LogP contribution is -2.46. The number of amides is 1. The lowest BCUT2D eigenvalue weighted by molar-refractivity contribution is -0.153. The highest BCUT2D eigenvalue weighted by Gasteiger charge is 2.32. The average molecular weight is 535 g/mol. The zero-order valence-corrected chi connectivity index (χ0v) is 24.8. The summed E-state index contributed by atoms with van der Waals surface area (Å²) in [5.41, 5.74) is 1.15. The second kappa shape index (κ2) is 15.1. The molecule has 1 N–H and O–H groups in total. The summed E-state index contributed by atoms with van der Waals surface area (Å²) >= 11 is 3.63. The van der Waals surface area contributed by atoms with Gasteiger partial charge in [-0.3, -0.25) is 10.1 Å². The molecular weight excluding hydrogens is 488 g/mol. The van der Waals surface area contributed by atoms with E-state index in [4.69, 9.17) is 4.74 Å². The molecule has 1 heterocycles. The van der Waals surface area contributed by atoms with Crippen LogP contribution >= 0.6 is 23.5 Å². The number of allylic oxidation sites excluding steroid dienone is 1. The number of esters is 1. The lowest BCUT2D eigenvalue weighted by Gasteiger charge is -2.30. The number of likely N-dealkylation sites (N-methyl/N-ethyl adjacent to an activating group) is 1. The van der Waals surface area contributed by atoms with Gasteiger partial charge in [0.1, 0.15) is 6.04 Å². The van der Waals surface area contributed by atoms with Gasteiger partial charge in [0.2, 0.25) is 5.91 Å². The highest BCUT2D eigenvalue weighted by molar-refractivity contribution is 8.00. The summed E-state index contributed by atoms with van der Waals surface area (Å²) in [6.07, 6.45) is 9.66. The van der Waals surface area contributed by atoms with Gasteiger partial charge in [-0.15, -0.1) is 11.8 Å². The van der Waals surface area contributed by atoms with E-state index >= 15 is 0 Å². The van der Waals surface area contributed by atoms with Crippen LogP contribution in [0.3, 0.4) is 0 Å². The van der Waals surface area contributed by atoms with Crippen molar-refractivity contribution < 1.29 is 14.3 Å². The Morgan fingerprint density at radius 1 is 1.22 bits per heavy atom. The van der Waals surface area contributed by atoms with Crippen molar-refractivity contribution in [2.24, 2.45) is 17.8 Å². The third-order valence-corrected chi connectivity index (χ3v) is 9.02. The van der Waals surface area contributed by atoms with Crippen molar-refractivity contribution >= 4 is 35.4 Å². The van der Waals surface area contributed by atoms with Crippen molar-refractivity contribution in [3.63, 3.8) is 0 Å². The lowest BCUT2D eigenvalue weighted by atomic mass is 9.84. The Kier molecular flexibility index (Phi) is 12.9. The van der Waals surface area contributed by atoms with Gasteiger partial charge in [0.15, 0.2) is 0 Å². The molecule has 202 valence electrons. The fourth-order valence-corrected chi connectivity index (χ4v) is 6.23. The van der Waals surface area contributed by atoms with Gasteiger partial charge < -0.3 is 9.64 Å². The maximum Gasteiger partial charge on any atom is 0.328 e. The molecule has 36 heavy (non-hydrogen) atoms. The maximum atomic E-state index is 13.8. The molecule has 4 atom stereocenters. The van der Waals surface area contributed by atoms with Crippen LogP contribution in [0.2, 0.25) is 0 Å². The Morgan fingerprint density at radius 2 is 1.92 bits per heavy atom. The molecular formula is C29H46N2O3S2. The van der Waals surface area contributed by atoms with Crippen LogP contribution in [-0.2, 0) is 20.7 Å². The van der Waals surface area contributed by atoms with Crippen LogP contribution in [0, 0.1) is 17.8 Å². The minimum Gasteiger partial charge on any atom is -0.467 e. The average Bonchev–Trinajstić information content (AvgIpc) is 3.21. The van der Waals surface area contributed by atoms with E-state index in [1.807, 2.05) is 36.2 Å². The number of carbonyl (C=O) groups is 2. The Labute approximate surface area is 227 Å². The summed E-state index contributed by atoms with van der Waals surface area (Å²) in [5.74, 6) is 2.25. The minimum atomic E-state index is -0.552. The van der Waals surface area contributed by atoms with Crippen molar-refractivity contribution in [3.05, 3.63) is 48.0 Å². The number of nitrogens with one attached hydrogen (secondary N) is 1. The molecule has 1 amide bonds. The van der Waals surface area contributed by atoms with Gasteiger partial charge in [0, 0.05) is 24.8 Å². The first-order valence-corrected chi connectivity index (χ1v) is 15.4.